The van der Waals surface area contributed by atoms with E-state index >= 15 is 0 Å². The van der Waals surface area contributed by atoms with E-state index < -0.39 is 0 Å². The molecule has 3 heterocycles. The second-order valence-corrected chi connectivity index (χ2v) is 8.91. The lowest BCUT2D eigenvalue weighted by atomic mass is 9.94. The van der Waals surface area contributed by atoms with Crippen LogP contribution in [0.3, 0.4) is 0 Å². The van der Waals surface area contributed by atoms with Gasteiger partial charge in [0.25, 0.3) is 0 Å². The molecule has 7 heteroatoms. The van der Waals surface area contributed by atoms with Crippen LogP contribution in [-0.2, 0) is 24.8 Å². The number of nitrogens with zero attached hydrogens (tertiary/aromatic N) is 5. The van der Waals surface area contributed by atoms with Gasteiger partial charge in [0.1, 0.15) is 6.10 Å². The highest BCUT2D eigenvalue weighted by Crippen LogP contribution is 2.25. The summed E-state index contributed by atoms with van der Waals surface area (Å²) in [4.78, 5) is 9.44. The van der Waals surface area contributed by atoms with Gasteiger partial charge in [-0.3, -0.25) is 14.6 Å². The zero-order chi connectivity index (χ0) is 21.1. The van der Waals surface area contributed by atoms with Crippen LogP contribution in [0, 0.1) is 0 Å². The number of fused-ring (bicyclic) bond motifs is 1. The van der Waals surface area contributed by atoms with Gasteiger partial charge in [-0.05, 0) is 31.4 Å². The predicted octanol–water partition coefficient (Wildman–Crippen LogP) is 2.21. The zero-order valence-corrected chi connectivity index (χ0v) is 18.6. The molecule has 1 fully saturated rings. The van der Waals surface area contributed by atoms with Crippen LogP contribution in [0.4, 0.5) is 0 Å². The fourth-order valence-corrected chi connectivity index (χ4v) is 4.40. The molecule has 0 spiro atoms. The first-order valence-electron chi connectivity index (χ1n) is 10.8. The van der Waals surface area contributed by atoms with Crippen LogP contribution in [0.1, 0.15) is 36.6 Å². The number of benzene rings is 1. The summed E-state index contributed by atoms with van der Waals surface area (Å²) in [5.41, 5.74) is 4.08. The lowest BCUT2D eigenvalue weighted by Crippen LogP contribution is -2.56. The van der Waals surface area contributed by atoms with Crippen LogP contribution in [0.5, 0.6) is 0 Å². The number of rotatable bonds is 4. The van der Waals surface area contributed by atoms with E-state index in [1.54, 1.807) is 0 Å². The highest BCUT2D eigenvalue weighted by molar-refractivity contribution is 5.80. The van der Waals surface area contributed by atoms with Crippen molar-refractivity contribution in [3.05, 3.63) is 53.3 Å². The van der Waals surface area contributed by atoms with Crippen molar-refractivity contribution in [1.29, 1.82) is 0 Å². The van der Waals surface area contributed by atoms with Crippen molar-refractivity contribution < 1.29 is 4.74 Å². The molecular formula is C23H34N6O. The van der Waals surface area contributed by atoms with E-state index in [1.165, 1.54) is 11.1 Å². The largest absolute Gasteiger partial charge is 0.370 e. The normalized spacial score (nSPS) is 20.9. The Balaban J connectivity index is 1.37. The van der Waals surface area contributed by atoms with E-state index in [9.17, 15) is 0 Å². The lowest BCUT2D eigenvalue weighted by Gasteiger charge is -2.43. The Labute approximate surface area is 179 Å². The third-order valence-electron chi connectivity index (χ3n) is 6.34. The Morgan fingerprint density at radius 3 is 2.80 bits per heavy atom. The second kappa shape index (κ2) is 8.78. The molecule has 2 aliphatic heterocycles. The number of nitrogens with one attached hydrogen (secondary N) is 1. The average Bonchev–Trinajstić information content (AvgIpc) is 3.20. The zero-order valence-electron chi connectivity index (χ0n) is 18.6. The first kappa shape index (κ1) is 20.9. The number of hydrogen-bond acceptors (Lipinski definition) is 4. The molecule has 162 valence electrons. The molecule has 1 aromatic carbocycles. The molecule has 1 atom stereocenters. The maximum atomic E-state index is 5.99. The van der Waals surface area contributed by atoms with Crippen molar-refractivity contribution in [2.75, 3.05) is 39.8 Å². The molecule has 1 N–H and O–H groups in total. The van der Waals surface area contributed by atoms with Gasteiger partial charge < -0.3 is 15.0 Å². The fraction of sp³-hybridized carbons (Fsp3) is 0.565. The molecule has 1 aromatic heterocycles. The fourth-order valence-electron chi connectivity index (χ4n) is 4.40. The van der Waals surface area contributed by atoms with Crippen molar-refractivity contribution in [2.24, 2.45) is 12.0 Å². The van der Waals surface area contributed by atoms with Crippen LogP contribution in [0.2, 0.25) is 0 Å². The maximum Gasteiger partial charge on any atom is 0.193 e. The van der Waals surface area contributed by atoms with E-state index in [0.29, 0.717) is 6.61 Å². The number of aromatic nitrogens is 2. The molecule has 0 aliphatic carbocycles. The van der Waals surface area contributed by atoms with Gasteiger partial charge in [0.15, 0.2) is 5.96 Å². The van der Waals surface area contributed by atoms with E-state index in [0.717, 1.165) is 50.7 Å². The number of guanidine groups is 1. The van der Waals surface area contributed by atoms with Crippen molar-refractivity contribution in [3.8, 4) is 0 Å². The summed E-state index contributed by atoms with van der Waals surface area (Å²) in [6, 6.07) is 8.81. The number of aliphatic imine (C=N–C) groups is 1. The summed E-state index contributed by atoms with van der Waals surface area (Å²) in [5.74, 6) is 0.942. The molecule has 2 aromatic rings. The molecule has 30 heavy (non-hydrogen) atoms. The lowest BCUT2D eigenvalue weighted by molar-refractivity contribution is -0.00835. The minimum Gasteiger partial charge on any atom is -0.370 e. The smallest absolute Gasteiger partial charge is 0.193 e. The van der Waals surface area contributed by atoms with E-state index in [1.807, 2.05) is 31.2 Å². The van der Waals surface area contributed by atoms with Gasteiger partial charge in [-0.2, -0.15) is 5.10 Å². The molecule has 1 unspecified atom stereocenters. The highest BCUT2D eigenvalue weighted by Gasteiger charge is 2.31. The molecule has 0 saturated carbocycles. The number of aryl methyl sites for hydroxylation is 1. The Bertz CT molecular complexity index is 889. The highest BCUT2D eigenvalue weighted by atomic mass is 16.5. The average molecular weight is 411 g/mol. The molecule has 0 amide bonds. The van der Waals surface area contributed by atoms with Crippen molar-refractivity contribution >= 4 is 5.96 Å². The molecule has 0 bridgehead atoms. The van der Waals surface area contributed by atoms with E-state index in [-0.39, 0.29) is 11.6 Å². The Kier molecular flexibility index (Phi) is 6.11. The van der Waals surface area contributed by atoms with Gasteiger partial charge in [0.2, 0.25) is 0 Å². The van der Waals surface area contributed by atoms with Gasteiger partial charge in [-0.25, -0.2) is 0 Å². The summed E-state index contributed by atoms with van der Waals surface area (Å²) in [6.07, 6.45) is 5.06. The standard InChI is InChI=1S/C23H34N6O/c1-23(2,29-10-9-18-7-5-6-8-19(18)15-29)17-25-22(24-3)28-11-12-30-21(16-28)20-13-26-27(4)14-20/h5-8,13-14,21H,9-12,15-17H2,1-4H3,(H,24,25). The van der Waals surface area contributed by atoms with Crippen LogP contribution in [-0.4, -0.2) is 70.9 Å². The summed E-state index contributed by atoms with van der Waals surface area (Å²) in [6.45, 7) is 9.88. The number of ether oxygens (including phenoxy) is 1. The molecule has 1 saturated heterocycles. The summed E-state index contributed by atoms with van der Waals surface area (Å²) >= 11 is 0. The van der Waals surface area contributed by atoms with Gasteiger partial charge >= 0.3 is 0 Å². The minimum atomic E-state index is 0.0256. The van der Waals surface area contributed by atoms with Crippen molar-refractivity contribution in [2.45, 2.75) is 38.5 Å². The molecule has 2 aliphatic rings. The van der Waals surface area contributed by atoms with Crippen LogP contribution in [0.25, 0.3) is 0 Å². The van der Waals surface area contributed by atoms with Crippen LogP contribution in [0.15, 0.2) is 41.7 Å². The Hall–Kier alpha value is -2.38. The Morgan fingerprint density at radius 2 is 2.07 bits per heavy atom. The first-order chi connectivity index (χ1) is 14.5. The SMILES string of the molecule is CN=C(NCC(C)(C)N1CCc2ccccc2C1)N1CCOC(c2cnn(C)c2)C1. The van der Waals surface area contributed by atoms with Gasteiger partial charge in [0.05, 0.1) is 19.3 Å². The molecule has 0 radical (unpaired) electrons. The topological polar surface area (TPSA) is 57.9 Å². The number of hydrogen-bond donors (Lipinski definition) is 1. The number of morpholine rings is 1. The third kappa shape index (κ3) is 4.52. The second-order valence-electron chi connectivity index (χ2n) is 8.91. The summed E-state index contributed by atoms with van der Waals surface area (Å²) < 4.78 is 7.81. The maximum absolute atomic E-state index is 5.99. The summed E-state index contributed by atoms with van der Waals surface area (Å²) in [7, 11) is 3.80. The summed E-state index contributed by atoms with van der Waals surface area (Å²) in [5, 5.41) is 7.92. The predicted molar refractivity (Wildman–Crippen MR) is 119 cm³/mol. The monoisotopic (exact) mass is 410 g/mol. The molecule has 7 nitrogen and oxygen atoms in total. The van der Waals surface area contributed by atoms with Gasteiger partial charge in [0, 0.05) is 57.6 Å². The minimum absolute atomic E-state index is 0.0256. The first-order valence-corrected chi connectivity index (χ1v) is 10.8. The van der Waals surface area contributed by atoms with Gasteiger partial charge in [-0.15, -0.1) is 0 Å². The molecule has 4 rings (SSSR count). The quantitative estimate of drug-likeness (QED) is 0.619. The van der Waals surface area contributed by atoms with Crippen LogP contribution >= 0.6 is 0 Å². The van der Waals surface area contributed by atoms with E-state index in [2.05, 4.69) is 63.3 Å². The van der Waals surface area contributed by atoms with Crippen molar-refractivity contribution in [3.63, 3.8) is 0 Å². The van der Waals surface area contributed by atoms with Crippen LogP contribution < -0.4 is 5.32 Å². The molecular weight excluding hydrogens is 376 g/mol. The van der Waals surface area contributed by atoms with E-state index in [4.69, 9.17) is 4.74 Å². The third-order valence-corrected chi connectivity index (χ3v) is 6.34. The van der Waals surface area contributed by atoms with Crippen molar-refractivity contribution in [1.82, 2.24) is 24.9 Å². The Morgan fingerprint density at radius 1 is 1.27 bits per heavy atom. The van der Waals surface area contributed by atoms with Gasteiger partial charge in [-0.1, -0.05) is 24.3 Å².